The fourth-order valence-electron chi connectivity index (χ4n) is 2.45. The molecule has 1 aliphatic heterocycles. The number of hydrogen-bond acceptors (Lipinski definition) is 2. The van der Waals surface area contributed by atoms with Crippen LogP contribution >= 0.6 is 0 Å². The second kappa shape index (κ2) is 7.12. The first-order valence-electron chi connectivity index (χ1n) is 7.16. The summed E-state index contributed by atoms with van der Waals surface area (Å²) in [6.45, 7) is 2.59. The molecule has 0 saturated carbocycles. The zero-order valence-electron chi connectivity index (χ0n) is 11.7. The van der Waals surface area contributed by atoms with Crippen molar-refractivity contribution in [3.05, 3.63) is 30.1 Å². The van der Waals surface area contributed by atoms with Gasteiger partial charge >= 0.3 is 6.03 Å². The van der Waals surface area contributed by atoms with E-state index in [1.54, 1.807) is 12.4 Å². The van der Waals surface area contributed by atoms with Crippen LogP contribution in [0.25, 0.3) is 0 Å². The van der Waals surface area contributed by atoms with Crippen LogP contribution in [-0.4, -0.2) is 47.5 Å². The van der Waals surface area contributed by atoms with Gasteiger partial charge in [0.2, 0.25) is 0 Å². The second-order valence-corrected chi connectivity index (χ2v) is 5.21. The summed E-state index contributed by atoms with van der Waals surface area (Å²) in [5.74, 6) is 0. The SMILES string of the molecule is CN(CCc1ccncc1)C(=O)N1CCCCCC1. The molecule has 104 valence electrons. The van der Waals surface area contributed by atoms with Crippen molar-refractivity contribution in [2.24, 2.45) is 0 Å². The molecule has 2 rings (SSSR count). The monoisotopic (exact) mass is 261 g/mol. The minimum absolute atomic E-state index is 0.177. The number of urea groups is 1. The standard InChI is InChI=1S/C15H23N3O/c1-17(13-8-14-6-9-16-10-7-14)15(19)18-11-4-2-3-5-12-18/h6-7,9-10H,2-5,8,11-13H2,1H3. The van der Waals surface area contributed by atoms with Gasteiger partial charge in [0.15, 0.2) is 0 Å². The van der Waals surface area contributed by atoms with Gasteiger partial charge in [-0.3, -0.25) is 4.98 Å². The van der Waals surface area contributed by atoms with Crippen LogP contribution in [0.3, 0.4) is 0 Å². The number of pyridine rings is 1. The van der Waals surface area contributed by atoms with Crippen molar-refractivity contribution in [1.82, 2.24) is 14.8 Å². The Morgan fingerprint density at radius 2 is 1.84 bits per heavy atom. The first-order valence-corrected chi connectivity index (χ1v) is 7.16. The van der Waals surface area contributed by atoms with Crippen LogP contribution in [-0.2, 0) is 6.42 Å². The van der Waals surface area contributed by atoms with Gasteiger partial charge in [-0.1, -0.05) is 12.8 Å². The number of rotatable bonds is 3. The molecule has 0 aromatic carbocycles. The third kappa shape index (κ3) is 4.23. The minimum atomic E-state index is 0.177. The van der Waals surface area contributed by atoms with E-state index in [9.17, 15) is 4.79 Å². The lowest BCUT2D eigenvalue weighted by molar-refractivity contribution is 0.165. The molecule has 0 unspecified atom stereocenters. The molecule has 2 amide bonds. The van der Waals surface area contributed by atoms with Gasteiger partial charge in [0.1, 0.15) is 0 Å². The molecule has 1 fully saturated rings. The third-order valence-electron chi connectivity index (χ3n) is 3.69. The number of carbonyl (C=O) groups excluding carboxylic acids is 1. The maximum Gasteiger partial charge on any atom is 0.319 e. The van der Waals surface area contributed by atoms with Gasteiger partial charge in [0.25, 0.3) is 0 Å². The summed E-state index contributed by atoms with van der Waals surface area (Å²) in [5.41, 5.74) is 1.23. The first-order chi connectivity index (χ1) is 9.27. The predicted octanol–water partition coefficient (Wildman–Crippen LogP) is 2.55. The lowest BCUT2D eigenvalue weighted by Crippen LogP contribution is -2.42. The fraction of sp³-hybridized carbons (Fsp3) is 0.600. The molecular weight excluding hydrogens is 238 g/mol. The summed E-state index contributed by atoms with van der Waals surface area (Å²) in [5, 5.41) is 0. The molecule has 4 nitrogen and oxygen atoms in total. The van der Waals surface area contributed by atoms with E-state index in [2.05, 4.69) is 4.98 Å². The summed E-state index contributed by atoms with van der Waals surface area (Å²) in [4.78, 5) is 20.2. The molecule has 0 radical (unpaired) electrons. The van der Waals surface area contributed by atoms with Crippen molar-refractivity contribution in [3.63, 3.8) is 0 Å². The average molecular weight is 261 g/mol. The van der Waals surface area contributed by atoms with E-state index in [1.165, 1.54) is 18.4 Å². The number of aromatic nitrogens is 1. The summed E-state index contributed by atoms with van der Waals surface area (Å²) >= 11 is 0. The molecule has 19 heavy (non-hydrogen) atoms. The number of carbonyl (C=O) groups is 1. The lowest BCUT2D eigenvalue weighted by atomic mass is 10.2. The molecule has 1 aliphatic rings. The minimum Gasteiger partial charge on any atom is -0.327 e. The van der Waals surface area contributed by atoms with Crippen molar-refractivity contribution in [2.75, 3.05) is 26.7 Å². The van der Waals surface area contributed by atoms with Crippen molar-refractivity contribution in [1.29, 1.82) is 0 Å². The van der Waals surface area contributed by atoms with E-state index in [0.717, 1.165) is 38.9 Å². The molecule has 0 bridgehead atoms. The van der Waals surface area contributed by atoms with E-state index in [1.807, 2.05) is 29.0 Å². The highest BCUT2D eigenvalue weighted by atomic mass is 16.2. The topological polar surface area (TPSA) is 36.4 Å². The zero-order valence-corrected chi connectivity index (χ0v) is 11.7. The van der Waals surface area contributed by atoms with Crippen molar-refractivity contribution in [3.8, 4) is 0 Å². The van der Waals surface area contributed by atoms with Crippen LogP contribution in [0.15, 0.2) is 24.5 Å². The van der Waals surface area contributed by atoms with Gasteiger partial charge in [-0.2, -0.15) is 0 Å². The van der Waals surface area contributed by atoms with E-state index >= 15 is 0 Å². The van der Waals surface area contributed by atoms with E-state index in [4.69, 9.17) is 0 Å². The molecule has 0 aliphatic carbocycles. The van der Waals surface area contributed by atoms with Gasteiger partial charge in [-0.15, -0.1) is 0 Å². The van der Waals surface area contributed by atoms with Crippen LogP contribution in [0.4, 0.5) is 4.79 Å². The Balaban J connectivity index is 1.81. The Hall–Kier alpha value is -1.58. The summed E-state index contributed by atoms with van der Waals surface area (Å²) in [6.07, 6.45) is 9.28. The van der Waals surface area contributed by atoms with E-state index in [0.29, 0.717) is 0 Å². The van der Waals surface area contributed by atoms with Gasteiger partial charge in [0.05, 0.1) is 0 Å². The van der Waals surface area contributed by atoms with E-state index < -0.39 is 0 Å². The highest BCUT2D eigenvalue weighted by molar-refractivity contribution is 5.74. The molecule has 1 saturated heterocycles. The second-order valence-electron chi connectivity index (χ2n) is 5.21. The van der Waals surface area contributed by atoms with Crippen LogP contribution in [0.2, 0.25) is 0 Å². The molecule has 1 aromatic rings. The number of hydrogen-bond donors (Lipinski definition) is 0. The summed E-state index contributed by atoms with van der Waals surface area (Å²) < 4.78 is 0. The van der Waals surface area contributed by atoms with Crippen molar-refractivity contribution >= 4 is 6.03 Å². The van der Waals surface area contributed by atoms with Gasteiger partial charge in [-0.05, 0) is 37.0 Å². The van der Waals surface area contributed by atoms with E-state index in [-0.39, 0.29) is 6.03 Å². The zero-order chi connectivity index (χ0) is 13.5. The lowest BCUT2D eigenvalue weighted by Gasteiger charge is -2.27. The van der Waals surface area contributed by atoms with Gasteiger partial charge in [0, 0.05) is 39.1 Å². The number of likely N-dealkylation sites (tertiary alicyclic amines) is 1. The van der Waals surface area contributed by atoms with Crippen LogP contribution in [0.1, 0.15) is 31.2 Å². The molecular formula is C15H23N3O. The molecule has 1 aromatic heterocycles. The summed E-state index contributed by atoms with van der Waals surface area (Å²) in [7, 11) is 1.90. The molecule has 4 heteroatoms. The Bertz CT molecular complexity index is 386. The molecule has 0 N–H and O–H groups in total. The number of amides is 2. The average Bonchev–Trinajstić information content (AvgIpc) is 2.74. The Morgan fingerprint density at radius 1 is 1.21 bits per heavy atom. The van der Waals surface area contributed by atoms with Crippen molar-refractivity contribution in [2.45, 2.75) is 32.1 Å². The first kappa shape index (κ1) is 13.8. The molecule has 0 spiro atoms. The van der Waals surface area contributed by atoms with Gasteiger partial charge in [-0.25, -0.2) is 4.79 Å². The maximum atomic E-state index is 12.3. The quantitative estimate of drug-likeness (QED) is 0.838. The van der Waals surface area contributed by atoms with Crippen LogP contribution < -0.4 is 0 Å². The molecule has 0 atom stereocenters. The fourth-order valence-corrected chi connectivity index (χ4v) is 2.45. The van der Waals surface area contributed by atoms with Gasteiger partial charge < -0.3 is 9.80 Å². The summed E-state index contributed by atoms with van der Waals surface area (Å²) in [6, 6.07) is 4.19. The predicted molar refractivity (Wildman–Crippen MR) is 76.0 cm³/mol. The van der Waals surface area contributed by atoms with Crippen LogP contribution in [0, 0.1) is 0 Å². The Morgan fingerprint density at radius 3 is 2.47 bits per heavy atom. The van der Waals surface area contributed by atoms with Crippen molar-refractivity contribution < 1.29 is 4.79 Å². The largest absolute Gasteiger partial charge is 0.327 e. The number of likely N-dealkylation sites (N-methyl/N-ethyl adjacent to an activating group) is 1. The molecule has 2 heterocycles. The smallest absolute Gasteiger partial charge is 0.319 e. The maximum absolute atomic E-state index is 12.3. The Labute approximate surface area is 115 Å². The highest BCUT2D eigenvalue weighted by Gasteiger charge is 2.18. The third-order valence-corrected chi connectivity index (χ3v) is 3.69. The highest BCUT2D eigenvalue weighted by Crippen LogP contribution is 2.11. The van der Waals surface area contributed by atoms with Crippen LogP contribution in [0.5, 0.6) is 0 Å². The Kier molecular flexibility index (Phi) is 5.19. The number of nitrogens with zero attached hydrogens (tertiary/aromatic N) is 3. The normalized spacial score (nSPS) is 15.9.